The van der Waals surface area contributed by atoms with Crippen molar-refractivity contribution in [2.24, 2.45) is 11.8 Å². The molecule has 0 aromatic carbocycles. The number of hydrogen-bond acceptors (Lipinski definition) is 5. The summed E-state index contributed by atoms with van der Waals surface area (Å²) in [5.41, 5.74) is 1.63. The molecule has 2 saturated carbocycles. The van der Waals surface area contributed by atoms with E-state index >= 15 is 0 Å². The van der Waals surface area contributed by atoms with Crippen LogP contribution in [0.4, 0.5) is 5.95 Å². The molecular weight excluding hydrogens is 314 g/mol. The number of nitrogens with one attached hydrogen (secondary N) is 1. The van der Waals surface area contributed by atoms with E-state index in [4.69, 9.17) is 9.72 Å². The van der Waals surface area contributed by atoms with Crippen LogP contribution in [0.5, 0.6) is 0 Å². The first-order valence-corrected chi connectivity index (χ1v) is 9.78. The number of carbonyl (C=O) groups is 1. The van der Waals surface area contributed by atoms with Gasteiger partial charge >= 0.3 is 0 Å². The van der Waals surface area contributed by atoms with Gasteiger partial charge in [-0.2, -0.15) is 0 Å². The number of methoxy groups -OCH3 is 1. The summed E-state index contributed by atoms with van der Waals surface area (Å²) in [4.78, 5) is 21.1. The van der Waals surface area contributed by atoms with Gasteiger partial charge in [0.2, 0.25) is 5.95 Å². The molecule has 3 rings (SSSR count). The van der Waals surface area contributed by atoms with Gasteiger partial charge < -0.3 is 10.1 Å². The van der Waals surface area contributed by atoms with E-state index in [2.05, 4.69) is 10.3 Å². The Hall–Kier alpha value is -1.49. The Labute approximate surface area is 151 Å². The van der Waals surface area contributed by atoms with Gasteiger partial charge in [-0.15, -0.1) is 0 Å². The number of hydrogen-bond donors (Lipinski definition) is 1. The van der Waals surface area contributed by atoms with Gasteiger partial charge in [0, 0.05) is 26.0 Å². The lowest BCUT2D eigenvalue weighted by Crippen LogP contribution is -2.28. The molecule has 1 heterocycles. The number of Topliss-reactive ketones (excluding diaryl/α,β-unsaturated/α-hetero) is 1. The van der Waals surface area contributed by atoms with E-state index in [1.807, 2.05) is 0 Å². The molecule has 5 heteroatoms. The molecule has 25 heavy (non-hydrogen) atoms. The van der Waals surface area contributed by atoms with Crippen molar-refractivity contribution >= 4 is 11.7 Å². The van der Waals surface area contributed by atoms with Crippen molar-refractivity contribution < 1.29 is 9.53 Å². The first-order chi connectivity index (χ1) is 12.2. The highest BCUT2D eigenvalue weighted by Gasteiger charge is 2.23. The van der Waals surface area contributed by atoms with Gasteiger partial charge in [-0.05, 0) is 50.9 Å². The second-order valence-electron chi connectivity index (χ2n) is 7.78. The summed E-state index contributed by atoms with van der Waals surface area (Å²) in [6.45, 7) is 2.48. The number of rotatable bonds is 7. The average molecular weight is 345 g/mol. The Morgan fingerprint density at radius 3 is 2.52 bits per heavy atom. The van der Waals surface area contributed by atoms with Gasteiger partial charge in [-0.3, -0.25) is 4.79 Å². The summed E-state index contributed by atoms with van der Waals surface area (Å²) in [5.74, 6) is 2.11. The van der Waals surface area contributed by atoms with E-state index in [9.17, 15) is 4.79 Å². The standard InChI is InChI=1S/C20H31N3O2/c1-14(24)18-12-21-20(23-19(18)11-15-5-3-4-6-15)22-17-9-7-16(8-10-17)13-25-2/h12,15-17H,3-11,13H2,1-2H3,(H,21,22,23)/t16-,17-. The smallest absolute Gasteiger partial charge is 0.223 e. The van der Waals surface area contributed by atoms with E-state index in [1.54, 1.807) is 20.2 Å². The molecule has 5 nitrogen and oxygen atoms in total. The van der Waals surface area contributed by atoms with Crippen LogP contribution in [0.25, 0.3) is 0 Å². The summed E-state index contributed by atoms with van der Waals surface area (Å²) in [6, 6.07) is 0.426. The van der Waals surface area contributed by atoms with Gasteiger partial charge in [0.05, 0.1) is 11.3 Å². The Balaban J connectivity index is 1.64. The molecular formula is C20H31N3O2. The van der Waals surface area contributed by atoms with Gasteiger partial charge in [0.1, 0.15) is 0 Å². The molecule has 0 saturated heterocycles. The SMILES string of the molecule is COC[C@H]1CC[C@H](Nc2ncc(C(C)=O)c(CC3CCCC3)n2)CC1. The zero-order valence-electron chi connectivity index (χ0n) is 15.6. The fraction of sp³-hybridized carbons (Fsp3) is 0.750. The molecule has 0 spiro atoms. The molecule has 1 N–H and O–H groups in total. The lowest BCUT2D eigenvalue weighted by atomic mass is 9.86. The first-order valence-electron chi connectivity index (χ1n) is 9.78. The molecule has 0 amide bonds. The van der Waals surface area contributed by atoms with E-state index in [1.165, 1.54) is 38.5 Å². The monoisotopic (exact) mass is 345 g/mol. The molecule has 0 atom stereocenters. The predicted molar refractivity (Wildman–Crippen MR) is 98.9 cm³/mol. The van der Waals surface area contributed by atoms with Crippen molar-refractivity contribution in [1.82, 2.24) is 9.97 Å². The van der Waals surface area contributed by atoms with Gasteiger partial charge in [-0.25, -0.2) is 9.97 Å². The fourth-order valence-corrected chi connectivity index (χ4v) is 4.32. The first kappa shape index (κ1) is 18.3. The summed E-state index contributed by atoms with van der Waals surface area (Å²) in [7, 11) is 1.78. The Morgan fingerprint density at radius 2 is 1.88 bits per heavy atom. The molecule has 0 unspecified atom stereocenters. The van der Waals surface area contributed by atoms with Crippen LogP contribution in [-0.4, -0.2) is 35.5 Å². The van der Waals surface area contributed by atoms with Crippen LogP contribution >= 0.6 is 0 Å². The van der Waals surface area contributed by atoms with Crippen LogP contribution in [-0.2, 0) is 11.2 Å². The number of ether oxygens (including phenoxy) is 1. The second-order valence-corrected chi connectivity index (χ2v) is 7.78. The molecule has 0 aliphatic heterocycles. The summed E-state index contributed by atoms with van der Waals surface area (Å²) in [5, 5.41) is 3.50. The molecule has 2 fully saturated rings. The van der Waals surface area contributed by atoms with Crippen LogP contribution in [0.3, 0.4) is 0 Å². The lowest BCUT2D eigenvalue weighted by Gasteiger charge is -2.28. The maximum atomic E-state index is 11.9. The van der Waals surface area contributed by atoms with Crippen molar-refractivity contribution in [1.29, 1.82) is 0 Å². The van der Waals surface area contributed by atoms with E-state index < -0.39 is 0 Å². The van der Waals surface area contributed by atoms with Crippen molar-refractivity contribution in [3.63, 3.8) is 0 Å². The van der Waals surface area contributed by atoms with E-state index in [0.717, 1.165) is 31.6 Å². The maximum absolute atomic E-state index is 11.9. The molecule has 2 aliphatic rings. The number of anilines is 1. The van der Waals surface area contributed by atoms with E-state index in [-0.39, 0.29) is 5.78 Å². The second kappa shape index (κ2) is 8.75. The van der Waals surface area contributed by atoms with Crippen LogP contribution in [0.1, 0.15) is 74.3 Å². The van der Waals surface area contributed by atoms with Crippen molar-refractivity contribution in [3.8, 4) is 0 Å². The molecule has 0 bridgehead atoms. The highest BCUT2D eigenvalue weighted by Crippen LogP contribution is 2.29. The van der Waals surface area contributed by atoms with E-state index in [0.29, 0.717) is 29.4 Å². The van der Waals surface area contributed by atoms with Crippen LogP contribution in [0, 0.1) is 11.8 Å². The Kier molecular flexibility index (Phi) is 6.40. The minimum Gasteiger partial charge on any atom is -0.384 e. The number of aromatic nitrogens is 2. The van der Waals surface area contributed by atoms with Crippen molar-refractivity contribution in [3.05, 3.63) is 17.5 Å². The van der Waals surface area contributed by atoms with Gasteiger partial charge in [0.25, 0.3) is 0 Å². The molecule has 2 aliphatic carbocycles. The van der Waals surface area contributed by atoms with Crippen LogP contribution < -0.4 is 5.32 Å². The third kappa shape index (κ3) is 5.00. The summed E-state index contributed by atoms with van der Waals surface area (Å²) in [6.07, 6.45) is 12.4. The highest BCUT2D eigenvalue weighted by molar-refractivity contribution is 5.94. The number of ketones is 1. The fourth-order valence-electron chi connectivity index (χ4n) is 4.32. The normalized spacial score (nSPS) is 24.4. The topological polar surface area (TPSA) is 64.1 Å². The van der Waals surface area contributed by atoms with Crippen LogP contribution in [0.2, 0.25) is 0 Å². The molecule has 1 aromatic rings. The van der Waals surface area contributed by atoms with Crippen molar-refractivity contribution in [2.75, 3.05) is 19.0 Å². The Bertz CT molecular complexity index is 576. The van der Waals surface area contributed by atoms with Crippen LogP contribution in [0.15, 0.2) is 6.20 Å². The molecule has 138 valence electrons. The quantitative estimate of drug-likeness (QED) is 0.756. The third-order valence-electron chi connectivity index (χ3n) is 5.79. The zero-order chi connectivity index (χ0) is 17.6. The minimum atomic E-state index is 0.0691. The third-order valence-corrected chi connectivity index (χ3v) is 5.79. The van der Waals surface area contributed by atoms with Gasteiger partial charge in [0.15, 0.2) is 5.78 Å². The maximum Gasteiger partial charge on any atom is 0.223 e. The minimum absolute atomic E-state index is 0.0691. The largest absolute Gasteiger partial charge is 0.384 e. The lowest BCUT2D eigenvalue weighted by molar-refractivity contribution is 0.101. The van der Waals surface area contributed by atoms with Crippen molar-refractivity contribution in [2.45, 2.75) is 70.8 Å². The summed E-state index contributed by atoms with van der Waals surface area (Å²) < 4.78 is 5.27. The molecule has 1 aromatic heterocycles. The number of carbonyl (C=O) groups excluding carboxylic acids is 1. The Morgan fingerprint density at radius 1 is 1.16 bits per heavy atom. The number of nitrogens with zero attached hydrogens (tertiary/aromatic N) is 2. The molecule has 0 radical (unpaired) electrons. The predicted octanol–water partition coefficient (Wildman–Crippen LogP) is 4.03. The summed E-state index contributed by atoms with van der Waals surface area (Å²) >= 11 is 0. The average Bonchev–Trinajstić information content (AvgIpc) is 3.10. The zero-order valence-corrected chi connectivity index (χ0v) is 15.6. The highest BCUT2D eigenvalue weighted by atomic mass is 16.5. The van der Waals surface area contributed by atoms with Gasteiger partial charge in [-0.1, -0.05) is 25.7 Å².